The number of aryl methyl sites for hydroxylation is 1. The summed E-state index contributed by atoms with van der Waals surface area (Å²) in [5.74, 6) is -0.282. The van der Waals surface area contributed by atoms with Crippen LogP contribution in [0.1, 0.15) is 5.69 Å². The highest BCUT2D eigenvalue weighted by Crippen LogP contribution is 2.24. The van der Waals surface area contributed by atoms with Gasteiger partial charge in [0.2, 0.25) is 10.0 Å². The lowest BCUT2D eigenvalue weighted by Gasteiger charge is -2.35. The molecule has 0 radical (unpaired) electrons. The molecule has 1 saturated heterocycles. The van der Waals surface area contributed by atoms with E-state index in [4.69, 9.17) is 0 Å². The minimum absolute atomic E-state index is 0.228. The van der Waals surface area contributed by atoms with Crippen molar-refractivity contribution in [2.45, 2.75) is 11.8 Å². The summed E-state index contributed by atoms with van der Waals surface area (Å²) >= 11 is 0. The van der Waals surface area contributed by atoms with Crippen LogP contribution in [0.5, 0.6) is 0 Å². The van der Waals surface area contributed by atoms with Gasteiger partial charge in [-0.15, -0.1) is 0 Å². The third kappa shape index (κ3) is 3.53. The number of sulfonamides is 1. The van der Waals surface area contributed by atoms with Crippen molar-refractivity contribution in [2.24, 2.45) is 0 Å². The van der Waals surface area contributed by atoms with Gasteiger partial charge in [-0.25, -0.2) is 17.5 Å². The molecule has 0 amide bonds. The Kier molecular flexibility index (Phi) is 4.91. The fourth-order valence-electron chi connectivity index (χ4n) is 3.39. The number of aromatic nitrogens is 2. The molecule has 1 fully saturated rings. The Morgan fingerprint density at radius 1 is 0.893 bits per heavy atom. The van der Waals surface area contributed by atoms with Crippen LogP contribution in [-0.4, -0.2) is 48.7 Å². The van der Waals surface area contributed by atoms with Crippen molar-refractivity contribution in [2.75, 3.05) is 31.1 Å². The van der Waals surface area contributed by atoms with Crippen molar-refractivity contribution in [1.82, 2.24) is 14.1 Å². The second-order valence-electron chi connectivity index (χ2n) is 6.73. The average molecular weight is 400 g/mol. The van der Waals surface area contributed by atoms with E-state index in [-0.39, 0.29) is 10.7 Å². The molecule has 0 saturated carbocycles. The van der Waals surface area contributed by atoms with E-state index in [0.29, 0.717) is 31.9 Å². The smallest absolute Gasteiger partial charge is 0.246 e. The fraction of sp³-hybridized carbons (Fsp3) is 0.250. The zero-order chi connectivity index (χ0) is 19.7. The van der Waals surface area contributed by atoms with Crippen LogP contribution in [0.25, 0.3) is 5.69 Å². The highest BCUT2D eigenvalue weighted by atomic mass is 32.2. The lowest BCUT2D eigenvalue weighted by Crippen LogP contribution is -2.48. The van der Waals surface area contributed by atoms with Crippen molar-refractivity contribution in [1.29, 1.82) is 0 Å². The SMILES string of the molecule is Cc1nn(-c2ccccc2)cc1S(=O)(=O)N1CCN(c2ccc(F)cc2)CC1. The molecule has 2 heterocycles. The Morgan fingerprint density at radius 2 is 1.54 bits per heavy atom. The first-order chi connectivity index (χ1) is 13.4. The molecule has 0 bridgehead atoms. The number of hydrogen-bond donors (Lipinski definition) is 0. The summed E-state index contributed by atoms with van der Waals surface area (Å²) in [5.41, 5.74) is 2.18. The van der Waals surface area contributed by atoms with Gasteiger partial charge in [0, 0.05) is 31.9 Å². The normalized spacial score (nSPS) is 15.7. The van der Waals surface area contributed by atoms with Gasteiger partial charge in [0.1, 0.15) is 10.7 Å². The quantitative estimate of drug-likeness (QED) is 0.676. The van der Waals surface area contributed by atoms with Crippen molar-refractivity contribution >= 4 is 15.7 Å². The molecule has 28 heavy (non-hydrogen) atoms. The van der Waals surface area contributed by atoms with Crippen molar-refractivity contribution < 1.29 is 12.8 Å². The van der Waals surface area contributed by atoms with Gasteiger partial charge in [-0.3, -0.25) is 0 Å². The molecule has 146 valence electrons. The molecule has 3 aromatic rings. The van der Waals surface area contributed by atoms with Gasteiger partial charge in [-0.1, -0.05) is 18.2 Å². The first-order valence-corrected chi connectivity index (χ1v) is 10.5. The molecule has 8 heteroatoms. The van der Waals surface area contributed by atoms with E-state index < -0.39 is 10.0 Å². The van der Waals surface area contributed by atoms with Crippen LogP contribution in [0.2, 0.25) is 0 Å². The van der Waals surface area contributed by atoms with E-state index in [0.717, 1.165) is 11.4 Å². The number of hydrogen-bond acceptors (Lipinski definition) is 4. The Morgan fingerprint density at radius 3 is 2.18 bits per heavy atom. The largest absolute Gasteiger partial charge is 0.369 e. The van der Waals surface area contributed by atoms with E-state index in [1.807, 2.05) is 30.3 Å². The highest BCUT2D eigenvalue weighted by Gasteiger charge is 2.31. The van der Waals surface area contributed by atoms with E-state index in [2.05, 4.69) is 10.00 Å². The molecule has 0 unspecified atom stereocenters. The molecule has 0 N–H and O–H groups in total. The van der Waals surface area contributed by atoms with Crippen LogP contribution in [0.3, 0.4) is 0 Å². The van der Waals surface area contributed by atoms with Crippen LogP contribution in [0.15, 0.2) is 65.7 Å². The molecule has 4 rings (SSSR count). The molecule has 0 spiro atoms. The maximum absolute atomic E-state index is 13.1. The zero-order valence-corrected chi connectivity index (χ0v) is 16.3. The third-order valence-electron chi connectivity index (χ3n) is 4.92. The Hall–Kier alpha value is -2.71. The molecule has 0 atom stereocenters. The van der Waals surface area contributed by atoms with Crippen LogP contribution < -0.4 is 4.90 Å². The lowest BCUT2D eigenvalue weighted by molar-refractivity contribution is 0.384. The number of para-hydroxylation sites is 1. The van der Waals surface area contributed by atoms with Gasteiger partial charge in [-0.05, 0) is 43.3 Å². The monoisotopic (exact) mass is 400 g/mol. The summed E-state index contributed by atoms with van der Waals surface area (Å²) in [6, 6.07) is 15.7. The summed E-state index contributed by atoms with van der Waals surface area (Å²) in [4.78, 5) is 2.29. The average Bonchev–Trinajstić information content (AvgIpc) is 3.12. The first kappa shape index (κ1) is 18.6. The number of halogens is 1. The second-order valence-corrected chi connectivity index (χ2v) is 8.63. The Balaban J connectivity index is 1.52. The number of nitrogens with zero attached hydrogens (tertiary/aromatic N) is 4. The predicted octanol–water partition coefficient (Wildman–Crippen LogP) is 2.83. The van der Waals surface area contributed by atoms with E-state index in [1.54, 1.807) is 29.9 Å². The highest BCUT2D eigenvalue weighted by molar-refractivity contribution is 7.89. The minimum Gasteiger partial charge on any atom is -0.369 e. The van der Waals surface area contributed by atoms with E-state index in [1.165, 1.54) is 16.4 Å². The third-order valence-corrected chi connectivity index (χ3v) is 6.92. The molecular weight excluding hydrogens is 379 g/mol. The number of benzene rings is 2. The number of anilines is 1. The van der Waals surface area contributed by atoms with Gasteiger partial charge in [0.05, 0.1) is 17.6 Å². The summed E-state index contributed by atoms with van der Waals surface area (Å²) in [6.45, 7) is 3.56. The molecule has 2 aromatic carbocycles. The summed E-state index contributed by atoms with van der Waals surface area (Å²) in [7, 11) is -3.63. The molecule has 1 aliphatic heterocycles. The van der Waals surface area contributed by atoms with E-state index >= 15 is 0 Å². The lowest BCUT2D eigenvalue weighted by atomic mass is 10.2. The standard InChI is InChI=1S/C20H21FN4O2S/c1-16-20(15-25(22-16)19-5-3-2-4-6-19)28(26,27)24-13-11-23(12-14-24)18-9-7-17(21)8-10-18/h2-10,15H,11-14H2,1H3. The Bertz CT molecular complexity index is 1060. The molecule has 0 aliphatic carbocycles. The van der Waals surface area contributed by atoms with Gasteiger partial charge < -0.3 is 4.90 Å². The molecule has 1 aliphatic rings. The topological polar surface area (TPSA) is 58.4 Å². The second kappa shape index (κ2) is 7.37. The fourth-order valence-corrected chi connectivity index (χ4v) is 4.96. The summed E-state index contributed by atoms with van der Waals surface area (Å²) < 4.78 is 42.5. The first-order valence-electron chi connectivity index (χ1n) is 9.07. The predicted molar refractivity (Wildman–Crippen MR) is 106 cm³/mol. The van der Waals surface area contributed by atoms with Crippen LogP contribution >= 0.6 is 0 Å². The summed E-state index contributed by atoms with van der Waals surface area (Å²) in [5, 5.41) is 4.38. The van der Waals surface area contributed by atoms with Crippen molar-refractivity contribution in [3.63, 3.8) is 0 Å². The number of piperazine rings is 1. The maximum atomic E-state index is 13.1. The van der Waals surface area contributed by atoms with Crippen LogP contribution in [-0.2, 0) is 10.0 Å². The van der Waals surface area contributed by atoms with Gasteiger partial charge in [-0.2, -0.15) is 9.40 Å². The minimum atomic E-state index is -3.63. The van der Waals surface area contributed by atoms with Gasteiger partial charge in [0.15, 0.2) is 0 Å². The number of rotatable bonds is 4. The molecular formula is C20H21FN4O2S. The molecule has 6 nitrogen and oxygen atoms in total. The maximum Gasteiger partial charge on any atom is 0.246 e. The van der Waals surface area contributed by atoms with Crippen LogP contribution in [0.4, 0.5) is 10.1 Å². The van der Waals surface area contributed by atoms with Gasteiger partial charge >= 0.3 is 0 Å². The van der Waals surface area contributed by atoms with Crippen molar-refractivity contribution in [3.8, 4) is 5.69 Å². The summed E-state index contributed by atoms with van der Waals surface area (Å²) in [6.07, 6.45) is 1.58. The van der Waals surface area contributed by atoms with Crippen LogP contribution in [0, 0.1) is 12.7 Å². The Labute approximate surface area is 163 Å². The zero-order valence-electron chi connectivity index (χ0n) is 15.5. The van der Waals surface area contributed by atoms with E-state index in [9.17, 15) is 12.8 Å². The van der Waals surface area contributed by atoms with Crippen molar-refractivity contribution in [3.05, 3.63) is 72.3 Å². The van der Waals surface area contributed by atoms with Gasteiger partial charge in [0.25, 0.3) is 0 Å². The molecule has 1 aromatic heterocycles.